The van der Waals surface area contributed by atoms with Crippen LogP contribution in [-0.4, -0.2) is 28.9 Å². The molecule has 0 radical (unpaired) electrons. The van der Waals surface area contributed by atoms with Gasteiger partial charge in [0.25, 0.3) is 0 Å². The molecule has 0 saturated heterocycles. The van der Waals surface area contributed by atoms with Crippen molar-refractivity contribution in [3.63, 3.8) is 0 Å². The molecule has 0 amide bonds. The first-order valence-corrected chi connectivity index (χ1v) is 7.43. The van der Waals surface area contributed by atoms with E-state index >= 15 is 0 Å². The first kappa shape index (κ1) is 14.7. The third-order valence-electron chi connectivity index (χ3n) is 3.90. The second-order valence-electron chi connectivity index (χ2n) is 5.44. The maximum atomic E-state index is 11.4. The van der Waals surface area contributed by atoms with Crippen LogP contribution in [-0.2, 0) is 11.2 Å². The van der Waals surface area contributed by atoms with Crippen LogP contribution in [0.2, 0.25) is 0 Å². The lowest BCUT2D eigenvalue weighted by Crippen LogP contribution is -2.23. The molecule has 114 valence electrons. The predicted octanol–water partition coefficient (Wildman–Crippen LogP) is 2.71. The van der Waals surface area contributed by atoms with Crippen molar-refractivity contribution in [1.29, 1.82) is 0 Å². The molecule has 0 bridgehead atoms. The number of anilines is 1. The van der Waals surface area contributed by atoms with Gasteiger partial charge in [-0.3, -0.25) is 4.79 Å². The summed E-state index contributed by atoms with van der Waals surface area (Å²) in [5.41, 5.74) is 3.81. The molecule has 1 aromatic heterocycles. The van der Waals surface area contributed by atoms with E-state index in [9.17, 15) is 4.79 Å². The number of nitrogens with zero attached hydrogens (tertiary/aromatic N) is 2. The van der Waals surface area contributed by atoms with Crippen molar-refractivity contribution in [3.05, 3.63) is 52.8 Å². The number of aromatic nitrogens is 2. The molecule has 22 heavy (non-hydrogen) atoms. The third kappa shape index (κ3) is 2.99. The molecule has 5 heteroatoms. The molecular weight excluding hydrogens is 278 g/mol. The van der Waals surface area contributed by atoms with Gasteiger partial charge in [0, 0.05) is 12.7 Å². The van der Waals surface area contributed by atoms with Crippen molar-refractivity contribution in [1.82, 2.24) is 9.97 Å². The van der Waals surface area contributed by atoms with Gasteiger partial charge in [-0.25, -0.2) is 9.97 Å². The second-order valence-corrected chi connectivity index (χ2v) is 5.44. The summed E-state index contributed by atoms with van der Waals surface area (Å²) in [6.07, 6.45) is 2.53. The average Bonchev–Trinajstić information content (AvgIpc) is 2.52. The van der Waals surface area contributed by atoms with Gasteiger partial charge in [0.1, 0.15) is 6.10 Å². The first-order chi connectivity index (χ1) is 10.6. The minimum absolute atomic E-state index is 0.00124. The largest absolute Gasteiger partial charge is 0.371 e. The maximum absolute atomic E-state index is 11.4. The van der Waals surface area contributed by atoms with Crippen LogP contribution in [0.15, 0.2) is 30.5 Å². The summed E-state index contributed by atoms with van der Waals surface area (Å²) in [5.74, 6) is 0.503. The fraction of sp³-hybridized carbons (Fsp3) is 0.353. The summed E-state index contributed by atoms with van der Waals surface area (Å²) < 4.78 is 5.85. The molecule has 1 aliphatic rings. The van der Waals surface area contributed by atoms with Gasteiger partial charge in [0.2, 0.25) is 5.95 Å². The Balaban J connectivity index is 1.71. The number of hydrogen-bond donors (Lipinski definition) is 1. The van der Waals surface area contributed by atoms with Crippen molar-refractivity contribution in [2.45, 2.75) is 26.4 Å². The van der Waals surface area contributed by atoms with E-state index in [1.54, 1.807) is 6.20 Å². The van der Waals surface area contributed by atoms with E-state index in [2.05, 4.69) is 33.5 Å². The van der Waals surface area contributed by atoms with E-state index in [-0.39, 0.29) is 11.9 Å². The van der Waals surface area contributed by atoms with E-state index in [4.69, 9.17) is 4.74 Å². The lowest BCUT2D eigenvalue weighted by Gasteiger charge is -2.26. The van der Waals surface area contributed by atoms with Crippen LogP contribution in [0.25, 0.3) is 0 Å². The number of ether oxygens (including phenoxy) is 1. The van der Waals surface area contributed by atoms with Crippen molar-refractivity contribution >= 4 is 11.7 Å². The molecule has 0 aliphatic carbocycles. The summed E-state index contributed by atoms with van der Waals surface area (Å²) in [5, 5.41) is 3.20. The zero-order valence-electron chi connectivity index (χ0n) is 12.8. The number of rotatable bonds is 4. The normalized spacial score (nSPS) is 16.9. The summed E-state index contributed by atoms with van der Waals surface area (Å²) in [6, 6.07) is 8.34. The number of benzene rings is 1. The molecule has 1 aliphatic heterocycles. The summed E-state index contributed by atoms with van der Waals surface area (Å²) in [6.45, 7) is 4.67. The van der Waals surface area contributed by atoms with Gasteiger partial charge in [-0.15, -0.1) is 0 Å². The Morgan fingerprint density at radius 3 is 3.00 bits per heavy atom. The van der Waals surface area contributed by atoms with E-state index in [0.717, 1.165) is 13.0 Å². The minimum Gasteiger partial charge on any atom is -0.371 e. The Morgan fingerprint density at radius 2 is 2.23 bits per heavy atom. The number of carbonyl (C=O) groups excluding carboxylic acids is 1. The van der Waals surface area contributed by atoms with E-state index in [1.165, 1.54) is 18.1 Å². The number of ketones is 1. The Bertz CT molecular complexity index is 700. The fourth-order valence-corrected chi connectivity index (χ4v) is 2.73. The standard InChI is InChI=1S/C17H19N3O2/c1-11-15(12(2)21)9-18-17(20-11)19-10-16-14-6-4-3-5-13(14)7-8-22-16/h3-6,9,16H,7-8,10H2,1-2H3,(H,18,19,20)/t16-/m0/s1. The predicted molar refractivity (Wildman–Crippen MR) is 84.1 cm³/mol. The summed E-state index contributed by atoms with van der Waals surface area (Å²) in [7, 11) is 0. The smallest absolute Gasteiger partial charge is 0.222 e. The van der Waals surface area contributed by atoms with Crippen molar-refractivity contribution < 1.29 is 9.53 Å². The topological polar surface area (TPSA) is 64.1 Å². The molecular formula is C17H19N3O2. The number of fused-ring (bicyclic) bond motifs is 1. The molecule has 1 N–H and O–H groups in total. The molecule has 1 aromatic carbocycles. The molecule has 2 aromatic rings. The van der Waals surface area contributed by atoms with Crippen molar-refractivity contribution in [3.8, 4) is 0 Å². The highest BCUT2D eigenvalue weighted by atomic mass is 16.5. The monoisotopic (exact) mass is 297 g/mol. The zero-order valence-corrected chi connectivity index (χ0v) is 12.8. The lowest BCUT2D eigenvalue weighted by atomic mass is 9.98. The molecule has 5 nitrogen and oxygen atoms in total. The highest BCUT2D eigenvalue weighted by Crippen LogP contribution is 2.26. The number of nitrogens with one attached hydrogen (secondary N) is 1. The maximum Gasteiger partial charge on any atom is 0.222 e. The van der Waals surface area contributed by atoms with Gasteiger partial charge >= 0.3 is 0 Å². The minimum atomic E-state index is -0.0198. The molecule has 0 unspecified atom stereocenters. The summed E-state index contributed by atoms with van der Waals surface area (Å²) >= 11 is 0. The van der Waals surface area contributed by atoms with Gasteiger partial charge in [-0.05, 0) is 31.4 Å². The second kappa shape index (κ2) is 6.23. The third-order valence-corrected chi connectivity index (χ3v) is 3.90. The van der Waals surface area contributed by atoms with Crippen LogP contribution in [0, 0.1) is 6.92 Å². The van der Waals surface area contributed by atoms with Crippen LogP contribution in [0.1, 0.15) is 40.2 Å². The van der Waals surface area contributed by atoms with Crippen molar-refractivity contribution in [2.24, 2.45) is 0 Å². The van der Waals surface area contributed by atoms with Crippen LogP contribution < -0.4 is 5.32 Å². The number of carbonyl (C=O) groups is 1. The highest BCUT2D eigenvalue weighted by Gasteiger charge is 2.20. The Labute approximate surface area is 129 Å². The van der Waals surface area contributed by atoms with E-state index in [0.29, 0.717) is 23.8 Å². The van der Waals surface area contributed by atoms with Crippen LogP contribution in [0.4, 0.5) is 5.95 Å². The fourth-order valence-electron chi connectivity index (χ4n) is 2.73. The van der Waals surface area contributed by atoms with Crippen LogP contribution >= 0.6 is 0 Å². The first-order valence-electron chi connectivity index (χ1n) is 7.43. The number of Topliss-reactive ketones (excluding diaryl/α,β-unsaturated/α-hetero) is 1. The molecule has 0 saturated carbocycles. The average molecular weight is 297 g/mol. The van der Waals surface area contributed by atoms with E-state index < -0.39 is 0 Å². The van der Waals surface area contributed by atoms with Gasteiger partial charge in [0.05, 0.1) is 17.9 Å². The summed E-state index contributed by atoms with van der Waals surface area (Å²) in [4.78, 5) is 19.9. The zero-order chi connectivity index (χ0) is 15.5. The molecule has 2 heterocycles. The SMILES string of the molecule is CC(=O)c1cnc(NC[C@@H]2OCCc3ccccc32)nc1C. The van der Waals surface area contributed by atoms with Gasteiger partial charge in [-0.1, -0.05) is 24.3 Å². The van der Waals surface area contributed by atoms with Crippen LogP contribution in [0.5, 0.6) is 0 Å². The lowest BCUT2D eigenvalue weighted by molar-refractivity contribution is 0.0512. The van der Waals surface area contributed by atoms with Gasteiger partial charge in [-0.2, -0.15) is 0 Å². The van der Waals surface area contributed by atoms with Gasteiger partial charge < -0.3 is 10.1 Å². The Morgan fingerprint density at radius 1 is 1.41 bits per heavy atom. The Hall–Kier alpha value is -2.27. The Kier molecular flexibility index (Phi) is 4.15. The highest BCUT2D eigenvalue weighted by molar-refractivity contribution is 5.94. The molecule has 0 fully saturated rings. The van der Waals surface area contributed by atoms with Crippen molar-refractivity contribution in [2.75, 3.05) is 18.5 Å². The number of aryl methyl sites for hydroxylation is 1. The van der Waals surface area contributed by atoms with E-state index in [1.807, 2.05) is 13.0 Å². The van der Waals surface area contributed by atoms with Gasteiger partial charge in [0.15, 0.2) is 5.78 Å². The number of hydrogen-bond acceptors (Lipinski definition) is 5. The quantitative estimate of drug-likeness (QED) is 0.879. The van der Waals surface area contributed by atoms with Crippen LogP contribution in [0.3, 0.4) is 0 Å². The molecule has 3 rings (SSSR count). The molecule has 0 spiro atoms. The molecule has 1 atom stereocenters.